The molecule has 1 aliphatic rings. The number of ether oxygens (including phenoxy) is 1. The van der Waals surface area contributed by atoms with Crippen LogP contribution in [0.1, 0.15) is 53.1 Å². The first-order chi connectivity index (χ1) is 10.3. The largest absolute Gasteiger partial charge is 0.492 e. The highest BCUT2D eigenvalue weighted by atomic mass is 32.1. The third kappa shape index (κ3) is 3.27. The maximum atomic E-state index is 6.44. The van der Waals surface area contributed by atoms with Crippen LogP contribution in [0.25, 0.3) is 0 Å². The second-order valence-electron chi connectivity index (χ2n) is 5.58. The van der Waals surface area contributed by atoms with Crippen molar-refractivity contribution in [1.29, 1.82) is 0 Å². The lowest BCUT2D eigenvalue weighted by Gasteiger charge is -2.11. The SMILES string of the molecule is CCCOc1cncc(C(N)c2cc3c(s2)CCCC3)c1. The van der Waals surface area contributed by atoms with E-state index in [0.717, 1.165) is 17.7 Å². The number of fused-ring (bicyclic) bond motifs is 1. The number of hydrogen-bond acceptors (Lipinski definition) is 4. The van der Waals surface area contributed by atoms with Gasteiger partial charge in [-0.2, -0.15) is 0 Å². The smallest absolute Gasteiger partial charge is 0.137 e. The van der Waals surface area contributed by atoms with Gasteiger partial charge < -0.3 is 10.5 Å². The molecule has 0 saturated heterocycles. The van der Waals surface area contributed by atoms with Gasteiger partial charge in [-0.1, -0.05) is 6.92 Å². The first kappa shape index (κ1) is 14.5. The predicted octanol–water partition coefficient (Wildman–Crippen LogP) is 3.86. The van der Waals surface area contributed by atoms with Gasteiger partial charge >= 0.3 is 0 Å². The minimum Gasteiger partial charge on any atom is -0.492 e. The second-order valence-corrected chi connectivity index (χ2v) is 6.75. The predicted molar refractivity (Wildman–Crippen MR) is 87.0 cm³/mol. The average molecular weight is 302 g/mol. The minimum absolute atomic E-state index is 0.0988. The van der Waals surface area contributed by atoms with Crippen molar-refractivity contribution in [3.63, 3.8) is 0 Å². The Hall–Kier alpha value is -1.39. The van der Waals surface area contributed by atoms with E-state index in [1.54, 1.807) is 6.20 Å². The number of rotatable bonds is 5. The Morgan fingerprint density at radius 1 is 1.29 bits per heavy atom. The molecule has 0 saturated carbocycles. The molecule has 0 spiro atoms. The molecule has 2 aromatic rings. The molecule has 0 fully saturated rings. The van der Waals surface area contributed by atoms with E-state index in [1.807, 2.05) is 23.6 Å². The number of nitrogens with zero attached hydrogens (tertiary/aromatic N) is 1. The second kappa shape index (κ2) is 6.58. The van der Waals surface area contributed by atoms with Gasteiger partial charge in [0.25, 0.3) is 0 Å². The molecule has 3 nitrogen and oxygen atoms in total. The van der Waals surface area contributed by atoms with Crippen LogP contribution >= 0.6 is 11.3 Å². The van der Waals surface area contributed by atoms with Gasteiger partial charge in [0.15, 0.2) is 0 Å². The van der Waals surface area contributed by atoms with E-state index in [2.05, 4.69) is 18.0 Å². The molecule has 0 aromatic carbocycles. The number of pyridine rings is 1. The molecule has 4 heteroatoms. The number of nitrogens with two attached hydrogens (primary N) is 1. The van der Waals surface area contributed by atoms with Crippen LogP contribution in [0.5, 0.6) is 5.75 Å². The lowest BCUT2D eigenvalue weighted by Crippen LogP contribution is -2.11. The molecular formula is C17H22N2OS. The number of aromatic nitrogens is 1. The van der Waals surface area contributed by atoms with E-state index in [9.17, 15) is 0 Å². The van der Waals surface area contributed by atoms with Gasteiger partial charge in [0.2, 0.25) is 0 Å². The maximum absolute atomic E-state index is 6.44. The van der Waals surface area contributed by atoms with Crippen LogP contribution in [-0.4, -0.2) is 11.6 Å². The first-order valence-electron chi connectivity index (χ1n) is 7.72. The van der Waals surface area contributed by atoms with Gasteiger partial charge in [0, 0.05) is 16.0 Å². The van der Waals surface area contributed by atoms with Gasteiger partial charge in [0.05, 0.1) is 18.8 Å². The quantitative estimate of drug-likeness (QED) is 0.912. The standard InChI is InChI=1S/C17H22N2OS/c1-2-7-20-14-8-13(10-19-11-14)17(18)16-9-12-5-3-4-6-15(12)21-16/h8-11,17H,2-7,18H2,1H3. The van der Waals surface area contributed by atoms with E-state index < -0.39 is 0 Å². The summed E-state index contributed by atoms with van der Waals surface area (Å²) in [6, 6.07) is 4.22. The van der Waals surface area contributed by atoms with Gasteiger partial charge in [0.1, 0.15) is 5.75 Å². The highest BCUT2D eigenvalue weighted by Crippen LogP contribution is 2.34. The van der Waals surface area contributed by atoms with Crippen molar-refractivity contribution in [2.75, 3.05) is 6.61 Å². The summed E-state index contributed by atoms with van der Waals surface area (Å²) >= 11 is 1.87. The zero-order valence-electron chi connectivity index (χ0n) is 12.5. The Morgan fingerprint density at radius 3 is 2.95 bits per heavy atom. The summed E-state index contributed by atoms with van der Waals surface area (Å²) in [4.78, 5) is 7.04. The third-order valence-electron chi connectivity index (χ3n) is 3.89. The number of hydrogen-bond donors (Lipinski definition) is 1. The Bertz CT molecular complexity index is 585. The highest BCUT2D eigenvalue weighted by molar-refractivity contribution is 7.12. The fourth-order valence-electron chi connectivity index (χ4n) is 2.74. The van der Waals surface area contributed by atoms with Crippen molar-refractivity contribution >= 4 is 11.3 Å². The van der Waals surface area contributed by atoms with Crippen LogP contribution < -0.4 is 10.5 Å². The molecular weight excluding hydrogens is 280 g/mol. The average Bonchev–Trinajstić information content (AvgIpc) is 2.96. The van der Waals surface area contributed by atoms with Gasteiger partial charge in [-0.3, -0.25) is 4.98 Å². The molecule has 3 rings (SSSR count). The zero-order chi connectivity index (χ0) is 14.7. The molecule has 0 aliphatic heterocycles. The van der Waals surface area contributed by atoms with Crippen molar-refractivity contribution in [2.45, 2.75) is 45.1 Å². The maximum Gasteiger partial charge on any atom is 0.137 e. The van der Waals surface area contributed by atoms with Crippen molar-refractivity contribution < 1.29 is 4.74 Å². The third-order valence-corrected chi connectivity index (χ3v) is 5.21. The zero-order valence-corrected chi connectivity index (χ0v) is 13.3. The van der Waals surface area contributed by atoms with E-state index in [1.165, 1.54) is 41.0 Å². The Morgan fingerprint density at radius 2 is 2.14 bits per heavy atom. The lowest BCUT2D eigenvalue weighted by atomic mass is 9.98. The van der Waals surface area contributed by atoms with Crippen molar-refractivity contribution in [1.82, 2.24) is 4.98 Å². The molecule has 1 aliphatic carbocycles. The summed E-state index contributed by atoms with van der Waals surface area (Å²) in [5.74, 6) is 0.811. The van der Waals surface area contributed by atoms with Crippen LogP contribution in [-0.2, 0) is 12.8 Å². The summed E-state index contributed by atoms with van der Waals surface area (Å²) < 4.78 is 5.65. The van der Waals surface area contributed by atoms with E-state index in [0.29, 0.717) is 6.61 Å². The number of thiophene rings is 1. The molecule has 0 radical (unpaired) electrons. The molecule has 21 heavy (non-hydrogen) atoms. The molecule has 1 atom stereocenters. The fraction of sp³-hybridized carbons (Fsp3) is 0.471. The highest BCUT2D eigenvalue weighted by Gasteiger charge is 2.18. The van der Waals surface area contributed by atoms with Crippen molar-refractivity contribution in [3.05, 3.63) is 45.4 Å². The molecule has 1 unspecified atom stereocenters. The Kier molecular flexibility index (Phi) is 4.56. The summed E-state index contributed by atoms with van der Waals surface area (Å²) in [6.45, 7) is 2.81. The van der Waals surface area contributed by atoms with Gasteiger partial charge in [-0.15, -0.1) is 11.3 Å². The van der Waals surface area contributed by atoms with E-state index >= 15 is 0 Å². The molecule has 2 heterocycles. The Labute approximate surface area is 130 Å². The summed E-state index contributed by atoms with van der Waals surface area (Å²) in [7, 11) is 0. The minimum atomic E-state index is -0.0988. The van der Waals surface area contributed by atoms with Crippen molar-refractivity contribution in [2.24, 2.45) is 5.73 Å². The first-order valence-corrected chi connectivity index (χ1v) is 8.54. The Balaban J connectivity index is 1.80. The molecule has 0 bridgehead atoms. The van der Waals surface area contributed by atoms with Crippen LogP contribution in [0.15, 0.2) is 24.5 Å². The topological polar surface area (TPSA) is 48.1 Å². The summed E-state index contributed by atoms with van der Waals surface area (Å²) in [5, 5.41) is 0. The van der Waals surface area contributed by atoms with E-state index in [4.69, 9.17) is 10.5 Å². The van der Waals surface area contributed by atoms with Crippen LogP contribution in [0.4, 0.5) is 0 Å². The monoisotopic (exact) mass is 302 g/mol. The molecule has 0 amide bonds. The van der Waals surface area contributed by atoms with Crippen LogP contribution in [0, 0.1) is 0 Å². The van der Waals surface area contributed by atoms with Gasteiger partial charge in [-0.25, -0.2) is 0 Å². The van der Waals surface area contributed by atoms with E-state index in [-0.39, 0.29) is 6.04 Å². The molecule has 2 aromatic heterocycles. The van der Waals surface area contributed by atoms with Crippen LogP contribution in [0.2, 0.25) is 0 Å². The number of aryl methyl sites for hydroxylation is 2. The lowest BCUT2D eigenvalue weighted by molar-refractivity contribution is 0.315. The summed E-state index contributed by atoms with van der Waals surface area (Å²) in [5.41, 5.74) is 8.97. The van der Waals surface area contributed by atoms with Crippen LogP contribution in [0.3, 0.4) is 0 Å². The normalized spacial score (nSPS) is 15.5. The molecule has 2 N–H and O–H groups in total. The van der Waals surface area contributed by atoms with Gasteiger partial charge in [-0.05, 0) is 55.4 Å². The summed E-state index contributed by atoms with van der Waals surface area (Å²) in [6.07, 6.45) is 9.63. The molecule has 112 valence electrons. The fourth-order valence-corrected chi connectivity index (χ4v) is 4.02. The van der Waals surface area contributed by atoms with Crippen molar-refractivity contribution in [3.8, 4) is 5.75 Å².